The summed E-state index contributed by atoms with van der Waals surface area (Å²) in [6.45, 7) is 0.527. The lowest BCUT2D eigenvalue weighted by atomic mass is 10.1. The van der Waals surface area contributed by atoms with Gasteiger partial charge in [0.15, 0.2) is 5.16 Å². The summed E-state index contributed by atoms with van der Waals surface area (Å²) in [5.41, 5.74) is 0.111. The molecule has 0 radical (unpaired) electrons. The zero-order valence-electron chi connectivity index (χ0n) is 14.4. The fourth-order valence-electron chi connectivity index (χ4n) is 3.02. The number of fused-ring (bicyclic) bond motifs is 1. The van der Waals surface area contributed by atoms with Crippen LogP contribution in [0.2, 0.25) is 0 Å². The molecule has 1 unspecified atom stereocenters. The first-order valence-electron chi connectivity index (χ1n) is 8.31. The molecule has 27 heavy (non-hydrogen) atoms. The van der Waals surface area contributed by atoms with E-state index in [1.54, 1.807) is 36.1 Å². The number of carbonyl (C=O) groups excluding carboxylic acids is 1. The normalized spacial score (nSPS) is 14.0. The molecule has 1 aliphatic heterocycles. The van der Waals surface area contributed by atoms with Crippen molar-refractivity contribution in [2.75, 3.05) is 5.75 Å². The molecule has 2 aromatic heterocycles. The van der Waals surface area contributed by atoms with E-state index in [2.05, 4.69) is 15.3 Å². The standard InChI is InChI=1S/C18H16FN5O2S/c1-23-6-5-20-15(23)14(11-3-2-4-12(19)9-11)22-16(25)13-10-21-18-24(17(13)26)7-8-27-18/h2-6,9-10,14H,7-8H2,1H3,(H,22,25). The summed E-state index contributed by atoms with van der Waals surface area (Å²) in [5.74, 6) is 0.292. The van der Waals surface area contributed by atoms with Crippen LogP contribution in [0.25, 0.3) is 0 Å². The molecule has 0 saturated carbocycles. The lowest BCUT2D eigenvalue weighted by molar-refractivity contribution is 0.0938. The molecule has 7 nitrogen and oxygen atoms in total. The van der Waals surface area contributed by atoms with Crippen molar-refractivity contribution in [2.24, 2.45) is 7.05 Å². The van der Waals surface area contributed by atoms with E-state index >= 15 is 0 Å². The molecule has 1 aliphatic rings. The first-order chi connectivity index (χ1) is 13.0. The van der Waals surface area contributed by atoms with Crippen molar-refractivity contribution < 1.29 is 9.18 Å². The average Bonchev–Trinajstić information content (AvgIpc) is 3.29. The molecule has 0 bridgehead atoms. The van der Waals surface area contributed by atoms with Gasteiger partial charge < -0.3 is 9.88 Å². The number of nitrogens with zero attached hydrogens (tertiary/aromatic N) is 4. The second-order valence-electron chi connectivity index (χ2n) is 6.12. The van der Waals surface area contributed by atoms with Gasteiger partial charge in [-0.3, -0.25) is 14.2 Å². The predicted molar refractivity (Wildman–Crippen MR) is 98.1 cm³/mol. The Balaban J connectivity index is 1.71. The highest BCUT2D eigenvalue weighted by molar-refractivity contribution is 7.99. The second-order valence-corrected chi connectivity index (χ2v) is 7.18. The Labute approximate surface area is 158 Å². The molecule has 4 rings (SSSR count). The third-order valence-electron chi connectivity index (χ3n) is 4.38. The molecule has 1 N–H and O–H groups in total. The zero-order chi connectivity index (χ0) is 19.0. The van der Waals surface area contributed by atoms with Crippen LogP contribution in [0.15, 0.2) is 52.8 Å². The SMILES string of the molecule is Cn1ccnc1C(NC(=O)c1cnc2n(c1=O)CCS2)c1cccc(F)c1. The topological polar surface area (TPSA) is 81.8 Å². The van der Waals surface area contributed by atoms with Crippen molar-refractivity contribution >= 4 is 17.7 Å². The van der Waals surface area contributed by atoms with E-state index in [9.17, 15) is 14.0 Å². The summed E-state index contributed by atoms with van der Waals surface area (Å²) in [5, 5.41) is 3.42. The Morgan fingerprint density at radius 2 is 2.22 bits per heavy atom. The Bertz CT molecular complexity index is 1080. The van der Waals surface area contributed by atoms with Crippen molar-refractivity contribution in [3.05, 3.63) is 76.0 Å². The van der Waals surface area contributed by atoms with E-state index in [1.807, 2.05) is 0 Å². The Kier molecular flexibility index (Phi) is 4.53. The van der Waals surface area contributed by atoms with Crippen molar-refractivity contribution in [3.63, 3.8) is 0 Å². The minimum absolute atomic E-state index is 0.0446. The van der Waals surface area contributed by atoms with Crippen molar-refractivity contribution in [1.29, 1.82) is 0 Å². The average molecular weight is 385 g/mol. The van der Waals surface area contributed by atoms with E-state index < -0.39 is 17.8 Å². The van der Waals surface area contributed by atoms with Gasteiger partial charge in [0.2, 0.25) is 0 Å². The molecule has 0 fully saturated rings. The number of nitrogens with one attached hydrogen (secondary N) is 1. The lowest BCUT2D eigenvalue weighted by Gasteiger charge is -2.19. The maximum absolute atomic E-state index is 13.7. The summed E-state index contributed by atoms with van der Waals surface area (Å²) in [7, 11) is 1.78. The van der Waals surface area contributed by atoms with Gasteiger partial charge in [-0.05, 0) is 17.7 Å². The highest BCUT2D eigenvalue weighted by Gasteiger charge is 2.25. The number of thioether (sulfide) groups is 1. The number of carbonyl (C=O) groups is 1. The van der Waals surface area contributed by atoms with Gasteiger partial charge in [-0.1, -0.05) is 23.9 Å². The highest BCUT2D eigenvalue weighted by atomic mass is 32.2. The van der Waals surface area contributed by atoms with Gasteiger partial charge in [0, 0.05) is 37.9 Å². The second kappa shape index (κ2) is 6.99. The molecule has 1 aromatic carbocycles. The van der Waals surface area contributed by atoms with Crippen LogP contribution in [0.5, 0.6) is 0 Å². The summed E-state index contributed by atoms with van der Waals surface area (Å²) >= 11 is 1.48. The van der Waals surface area contributed by atoms with Gasteiger partial charge in [0.25, 0.3) is 11.5 Å². The van der Waals surface area contributed by atoms with Crippen LogP contribution < -0.4 is 10.9 Å². The van der Waals surface area contributed by atoms with Gasteiger partial charge in [-0.25, -0.2) is 14.4 Å². The third-order valence-corrected chi connectivity index (χ3v) is 5.35. The molecular formula is C18H16FN5O2S. The number of hydrogen-bond acceptors (Lipinski definition) is 5. The maximum Gasteiger partial charge on any atom is 0.267 e. The molecule has 3 heterocycles. The number of amides is 1. The number of rotatable bonds is 4. The number of aryl methyl sites for hydroxylation is 1. The number of halogens is 1. The van der Waals surface area contributed by atoms with Crippen LogP contribution in [-0.4, -0.2) is 30.8 Å². The fourth-order valence-corrected chi connectivity index (χ4v) is 3.93. The van der Waals surface area contributed by atoms with Gasteiger partial charge in [-0.2, -0.15) is 0 Å². The molecule has 3 aromatic rings. The Morgan fingerprint density at radius 1 is 1.37 bits per heavy atom. The maximum atomic E-state index is 13.7. The van der Waals surface area contributed by atoms with Crippen molar-refractivity contribution in [3.8, 4) is 0 Å². The van der Waals surface area contributed by atoms with Crippen LogP contribution in [0.1, 0.15) is 27.8 Å². The molecule has 9 heteroatoms. The van der Waals surface area contributed by atoms with E-state index in [1.165, 1.54) is 34.7 Å². The first-order valence-corrected chi connectivity index (χ1v) is 9.29. The summed E-state index contributed by atoms with van der Waals surface area (Å²) in [4.78, 5) is 33.9. The van der Waals surface area contributed by atoms with E-state index in [0.29, 0.717) is 23.1 Å². The fraction of sp³-hybridized carbons (Fsp3) is 0.222. The van der Waals surface area contributed by atoms with Gasteiger partial charge >= 0.3 is 0 Å². The molecule has 138 valence electrons. The highest BCUT2D eigenvalue weighted by Crippen LogP contribution is 2.23. The summed E-state index contributed by atoms with van der Waals surface area (Å²) < 4.78 is 17.0. The van der Waals surface area contributed by atoms with Crippen LogP contribution >= 0.6 is 11.8 Å². The van der Waals surface area contributed by atoms with Crippen molar-refractivity contribution in [1.82, 2.24) is 24.4 Å². The van der Waals surface area contributed by atoms with Gasteiger partial charge in [0.1, 0.15) is 23.2 Å². The first kappa shape index (κ1) is 17.5. The van der Waals surface area contributed by atoms with Crippen LogP contribution in [0, 0.1) is 5.82 Å². The number of hydrogen-bond donors (Lipinski definition) is 1. The quantitative estimate of drug-likeness (QED) is 0.692. The van der Waals surface area contributed by atoms with E-state index in [-0.39, 0.29) is 11.1 Å². The predicted octanol–water partition coefficient (Wildman–Crippen LogP) is 1.74. The van der Waals surface area contributed by atoms with Gasteiger partial charge in [0.05, 0.1) is 0 Å². The lowest BCUT2D eigenvalue weighted by Crippen LogP contribution is -2.36. The number of imidazole rings is 1. The minimum Gasteiger partial charge on any atom is -0.338 e. The largest absolute Gasteiger partial charge is 0.338 e. The molecule has 0 saturated heterocycles. The zero-order valence-corrected chi connectivity index (χ0v) is 15.2. The molecule has 1 atom stereocenters. The smallest absolute Gasteiger partial charge is 0.267 e. The molecular weight excluding hydrogens is 369 g/mol. The van der Waals surface area contributed by atoms with Crippen LogP contribution in [0.3, 0.4) is 0 Å². The number of benzene rings is 1. The Hall–Kier alpha value is -2.94. The van der Waals surface area contributed by atoms with Gasteiger partial charge in [-0.15, -0.1) is 0 Å². The van der Waals surface area contributed by atoms with Crippen LogP contribution in [0.4, 0.5) is 4.39 Å². The molecule has 1 amide bonds. The van der Waals surface area contributed by atoms with E-state index in [0.717, 1.165) is 5.75 Å². The van der Waals surface area contributed by atoms with E-state index in [4.69, 9.17) is 0 Å². The minimum atomic E-state index is -0.708. The van der Waals surface area contributed by atoms with Crippen molar-refractivity contribution in [2.45, 2.75) is 17.7 Å². The summed E-state index contributed by atoms with van der Waals surface area (Å²) in [6, 6.07) is 5.22. The number of aromatic nitrogens is 4. The monoisotopic (exact) mass is 385 g/mol. The third kappa shape index (κ3) is 3.25. The molecule has 0 aliphatic carbocycles. The van der Waals surface area contributed by atoms with Crippen LogP contribution in [-0.2, 0) is 13.6 Å². The Morgan fingerprint density at radius 3 is 2.96 bits per heavy atom. The summed E-state index contributed by atoms with van der Waals surface area (Å²) in [6.07, 6.45) is 4.62. The molecule has 0 spiro atoms.